The van der Waals surface area contributed by atoms with E-state index in [2.05, 4.69) is 32.5 Å². The van der Waals surface area contributed by atoms with Crippen molar-refractivity contribution in [2.24, 2.45) is 0 Å². The summed E-state index contributed by atoms with van der Waals surface area (Å²) in [4.78, 5) is 2.20. The Morgan fingerprint density at radius 3 is 2.00 bits per heavy atom. The third-order valence-electron chi connectivity index (χ3n) is 1.21. The molecule has 0 saturated heterocycles. The van der Waals surface area contributed by atoms with Crippen molar-refractivity contribution in [2.75, 3.05) is 20.6 Å². The molecule has 0 saturated carbocycles. The molecule has 0 aliphatic heterocycles. The first-order chi connectivity index (χ1) is 5.13. The van der Waals surface area contributed by atoms with Crippen LogP contribution in [0.1, 0.15) is 33.6 Å². The molecule has 0 aliphatic carbocycles. The van der Waals surface area contributed by atoms with Crippen LogP contribution in [0.15, 0.2) is 12.2 Å². The molecule has 0 radical (unpaired) electrons. The predicted molar refractivity (Wildman–Crippen MR) is 54.0 cm³/mol. The van der Waals surface area contributed by atoms with E-state index in [4.69, 9.17) is 0 Å². The van der Waals surface area contributed by atoms with Gasteiger partial charge in [0.2, 0.25) is 0 Å². The van der Waals surface area contributed by atoms with Gasteiger partial charge >= 0.3 is 0 Å². The summed E-state index contributed by atoms with van der Waals surface area (Å²) in [6.45, 7) is 11.1. The van der Waals surface area contributed by atoms with Crippen LogP contribution in [0.5, 0.6) is 0 Å². The van der Waals surface area contributed by atoms with Crippen LogP contribution in [0.25, 0.3) is 0 Å². The zero-order valence-corrected chi connectivity index (χ0v) is 8.78. The first-order valence-corrected chi connectivity index (χ1v) is 4.42. The number of hydrogen-bond donors (Lipinski definition) is 0. The highest BCUT2D eigenvalue weighted by Crippen LogP contribution is 1.99. The van der Waals surface area contributed by atoms with E-state index in [-0.39, 0.29) is 0 Å². The van der Waals surface area contributed by atoms with Gasteiger partial charge < -0.3 is 4.90 Å². The highest BCUT2D eigenvalue weighted by atomic mass is 15.0. The maximum atomic E-state index is 3.83. The van der Waals surface area contributed by atoms with Crippen LogP contribution in [-0.4, -0.2) is 25.5 Å². The van der Waals surface area contributed by atoms with Crippen molar-refractivity contribution >= 4 is 0 Å². The highest BCUT2D eigenvalue weighted by Gasteiger charge is 1.89. The van der Waals surface area contributed by atoms with E-state index in [1.165, 1.54) is 18.5 Å². The summed E-state index contributed by atoms with van der Waals surface area (Å²) in [7, 11) is 4.19. The second-order valence-electron chi connectivity index (χ2n) is 2.86. The lowest BCUT2D eigenvalue weighted by Crippen LogP contribution is -2.12. The van der Waals surface area contributed by atoms with Gasteiger partial charge in [0.25, 0.3) is 0 Å². The lowest BCUT2D eigenvalue weighted by Gasteiger charge is -2.07. The zero-order valence-electron chi connectivity index (χ0n) is 8.78. The van der Waals surface area contributed by atoms with Crippen LogP contribution < -0.4 is 0 Å². The molecule has 0 spiro atoms. The Morgan fingerprint density at radius 1 is 1.27 bits per heavy atom. The van der Waals surface area contributed by atoms with Gasteiger partial charge in [-0.2, -0.15) is 0 Å². The standard InChI is InChI=1S/C8H17N.C2H6/c1-8(2)6-5-7-9(3)4;1-2/h1,5-7H2,2-4H3;1-2H3. The van der Waals surface area contributed by atoms with E-state index in [0.717, 1.165) is 6.42 Å². The topological polar surface area (TPSA) is 3.24 Å². The lowest BCUT2D eigenvalue weighted by atomic mass is 10.2. The lowest BCUT2D eigenvalue weighted by molar-refractivity contribution is 0.400. The van der Waals surface area contributed by atoms with Gasteiger partial charge in [-0.25, -0.2) is 0 Å². The molecule has 0 aliphatic rings. The van der Waals surface area contributed by atoms with Crippen LogP contribution in [-0.2, 0) is 0 Å². The van der Waals surface area contributed by atoms with Gasteiger partial charge in [-0.1, -0.05) is 19.4 Å². The molecule has 0 fully saturated rings. The van der Waals surface area contributed by atoms with Gasteiger partial charge in [0.05, 0.1) is 0 Å². The molecule has 1 heteroatoms. The van der Waals surface area contributed by atoms with Crippen LogP contribution in [0.2, 0.25) is 0 Å². The maximum absolute atomic E-state index is 3.83. The summed E-state index contributed by atoms with van der Waals surface area (Å²) in [6, 6.07) is 0. The van der Waals surface area contributed by atoms with Crippen LogP contribution in [0, 0.1) is 0 Å². The molecule has 0 amide bonds. The summed E-state index contributed by atoms with van der Waals surface area (Å²) in [5.74, 6) is 0. The molecule has 0 aromatic carbocycles. The summed E-state index contributed by atoms with van der Waals surface area (Å²) in [6.07, 6.45) is 2.40. The van der Waals surface area contributed by atoms with E-state index < -0.39 is 0 Å². The average Bonchev–Trinajstić information content (AvgIpc) is 1.90. The fraction of sp³-hybridized carbons (Fsp3) is 0.800. The zero-order chi connectivity index (χ0) is 9.28. The van der Waals surface area contributed by atoms with Gasteiger partial charge in [0.1, 0.15) is 0 Å². The van der Waals surface area contributed by atoms with Crippen molar-refractivity contribution in [1.82, 2.24) is 4.90 Å². The highest BCUT2D eigenvalue weighted by molar-refractivity contribution is 4.87. The average molecular weight is 157 g/mol. The van der Waals surface area contributed by atoms with Crippen molar-refractivity contribution in [3.8, 4) is 0 Å². The monoisotopic (exact) mass is 157 g/mol. The first kappa shape index (κ1) is 13.3. The molecule has 0 heterocycles. The van der Waals surface area contributed by atoms with E-state index in [0.29, 0.717) is 0 Å². The number of hydrogen-bond acceptors (Lipinski definition) is 1. The molecule has 0 bridgehead atoms. The molecule has 0 atom stereocenters. The Morgan fingerprint density at radius 2 is 1.73 bits per heavy atom. The van der Waals surface area contributed by atoms with Gasteiger partial charge in [-0.05, 0) is 40.4 Å². The fourth-order valence-electron chi connectivity index (χ4n) is 0.697. The van der Waals surface area contributed by atoms with Crippen LogP contribution >= 0.6 is 0 Å². The van der Waals surface area contributed by atoms with Gasteiger partial charge in [-0.15, -0.1) is 6.58 Å². The SMILES string of the molecule is C=C(C)CCCN(C)C.CC. The Balaban J connectivity index is 0. The molecule has 68 valence electrons. The van der Waals surface area contributed by atoms with Crippen molar-refractivity contribution in [3.05, 3.63) is 12.2 Å². The summed E-state index contributed by atoms with van der Waals surface area (Å²) in [5, 5.41) is 0. The minimum absolute atomic E-state index is 1.16. The summed E-state index contributed by atoms with van der Waals surface area (Å²) < 4.78 is 0. The first-order valence-electron chi connectivity index (χ1n) is 4.42. The second kappa shape index (κ2) is 9.70. The number of rotatable bonds is 4. The van der Waals surface area contributed by atoms with Crippen LogP contribution in [0.4, 0.5) is 0 Å². The van der Waals surface area contributed by atoms with Gasteiger partial charge in [0.15, 0.2) is 0 Å². The smallest absolute Gasteiger partial charge is 0.00218 e. The third kappa shape index (κ3) is 17.7. The molecule has 1 nitrogen and oxygen atoms in total. The maximum Gasteiger partial charge on any atom is -0.00218 e. The van der Waals surface area contributed by atoms with Crippen molar-refractivity contribution in [2.45, 2.75) is 33.6 Å². The molecule has 0 aromatic heterocycles. The largest absolute Gasteiger partial charge is 0.309 e. The normalized spacial score (nSPS) is 8.91. The Hall–Kier alpha value is -0.300. The molecular weight excluding hydrogens is 134 g/mol. The van der Waals surface area contributed by atoms with Crippen molar-refractivity contribution < 1.29 is 0 Å². The van der Waals surface area contributed by atoms with Crippen molar-refractivity contribution in [3.63, 3.8) is 0 Å². The van der Waals surface area contributed by atoms with Crippen LogP contribution in [0.3, 0.4) is 0 Å². The fourth-order valence-corrected chi connectivity index (χ4v) is 0.697. The predicted octanol–water partition coefficient (Wildman–Crippen LogP) is 2.93. The minimum Gasteiger partial charge on any atom is -0.309 e. The number of allylic oxidation sites excluding steroid dienone is 1. The molecule has 0 N–H and O–H groups in total. The minimum atomic E-state index is 1.16. The molecule has 0 rings (SSSR count). The summed E-state index contributed by atoms with van der Waals surface area (Å²) in [5.41, 5.74) is 1.29. The van der Waals surface area contributed by atoms with E-state index in [9.17, 15) is 0 Å². The van der Waals surface area contributed by atoms with E-state index in [1.807, 2.05) is 13.8 Å². The third-order valence-corrected chi connectivity index (χ3v) is 1.21. The molecular formula is C10H23N. The molecule has 0 unspecified atom stereocenters. The van der Waals surface area contributed by atoms with Gasteiger partial charge in [0, 0.05) is 0 Å². The Kier molecular flexibility index (Phi) is 11.7. The van der Waals surface area contributed by atoms with E-state index >= 15 is 0 Å². The second-order valence-corrected chi connectivity index (χ2v) is 2.86. The van der Waals surface area contributed by atoms with Gasteiger partial charge in [-0.3, -0.25) is 0 Å². The number of nitrogens with zero attached hydrogens (tertiary/aromatic N) is 1. The van der Waals surface area contributed by atoms with Crippen molar-refractivity contribution in [1.29, 1.82) is 0 Å². The molecule has 0 aromatic rings. The Bertz CT molecular complexity index is 84.9. The molecule has 11 heavy (non-hydrogen) atoms. The van der Waals surface area contributed by atoms with E-state index in [1.54, 1.807) is 0 Å². The quantitative estimate of drug-likeness (QED) is 0.567. The summed E-state index contributed by atoms with van der Waals surface area (Å²) >= 11 is 0. The Labute approximate surface area is 72.1 Å².